The van der Waals surface area contributed by atoms with Crippen molar-refractivity contribution in [1.29, 1.82) is 0 Å². The first-order valence-corrected chi connectivity index (χ1v) is 8.22. The predicted octanol–water partition coefficient (Wildman–Crippen LogP) is 2.54. The van der Waals surface area contributed by atoms with Crippen molar-refractivity contribution in [2.75, 3.05) is 5.32 Å². The summed E-state index contributed by atoms with van der Waals surface area (Å²) in [6.45, 7) is 4.76. The summed E-state index contributed by atoms with van der Waals surface area (Å²) in [5, 5.41) is 3.36. The van der Waals surface area contributed by atoms with Crippen molar-refractivity contribution in [3.8, 4) is 0 Å². The normalized spacial score (nSPS) is 11.2. The Morgan fingerprint density at radius 3 is 2.58 bits per heavy atom. The Bertz CT molecular complexity index is 938. The summed E-state index contributed by atoms with van der Waals surface area (Å²) >= 11 is 0. The maximum Gasteiger partial charge on any atom is 0.328 e. The Kier molecular flexibility index (Phi) is 4.38. The Morgan fingerprint density at radius 1 is 1.08 bits per heavy atom. The van der Waals surface area contributed by atoms with E-state index in [4.69, 9.17) is 0 Å². The van der Waals surface area contributed by atoms with Gasteiger partial charge in [-0.25, -0.2) is 14.8 Å². The van der Waals surface area contributed by atoms with Crippen LogP contribution in [0.15, 0.2) is 29.1 Å². The second-order valence-corrected chi connectivity index (χ2v) is 6.14. The molecule has 0 amide bonds. The van der Waals surface area contributed by atoms with Crippen LogP contribution in [0, 0.1) is 6.92 Å². The van der Waals surface area contributed by atoms with Crippen LogP contribution in [-0.4, -0.2) is 19.1 Å². The van der Waals surface area contributed by atoms with Crippen LogP contribution in [-0.2, 0) is 27.1 Å². The highest BCUT2D eigenvalue weighted by Crippen LogP contribution is 2.15. The molecule has 0 spiro atoms. The highest BCUT2D eigenvalue weighted by Gasteiger charge is 2.08. The van der Waals surface area contributed by atoms with Crippen molar-refractivity contribution < 1.29 is 0 Å². The molecule has 2 aromatic heterocycles. The molecule has 0 unspecified atom stereocenters. The molecule has 0 radical (unpaired) electrons. The van der Waals surface area contributed by atoms with E-state index in [0.29, 0.717) is 6.54 Å². The topological polar surface area (TPSA) is 64.7 Å². The molecule has 0 saturated heterocycles. The molecular formula is C18H23N5O. The lowest BCUT2D eigenvalue weighted by atomic mass is 10.2. The first kappa shape index (κ1) is 16.2. The number of hydrogen-bond donors (Lipinski definition) is 1. The molecule has 1 N–H and O–H groups in total. The molecule has 2 heterocycles. The smallest absolute Gasteiger partial charge is 0.328 e. The fourth-order valence-electron chi connectivity index (χ4n) is 2.91. The average molecular weight is 325 g/mol. The van der Waals surface area contributed by atoms with Gasteiger partial charge in [0.25, 0.3) is 0 Å². The van der Waals surface area contributed by atoms with Gasteiger partial charge < -0.3 is 5.32 Å². The summed E-state index contributed by atoms with van der Waals surface area (Å²) in [6, 6.07) is 8.03. The molecule has 3 aromatic rings. The number of nitrogens with one attached hydrogen (secondary N) is 1. The molecular weight excluding hydrogens is 302 g/mol. The second kappa shape index (κ2) is 6.47. The predicted molar refractivity (Wildman–Crippen MR) is 96.3 cm³/mol. The first-order valence-electron chi connectivity index (χ1n) is 8.22. The highest BCUT2D eigenvalue weighted by molar-refractivity contribution is 5.76. The van der Waals surface area contributed by atoms with E-state index >= 15 is 0 Å². The first-order chi connectivity index (χ1) is 11.5. The van der Waals surface area contributed by atoms with E-state index in [0.717, 1.165) is 46.8 Å². The fraction of sp³-hybridized carbons (Fsp3) is 0.389. The number of aryl methyl sites for hydroxylation is 4. The zero-order valence-electron chi connectivity index (χ0n) is 14.6. The van der Waals surface area contributed by atoms with Gasteiger partial charge in [-0.05, 0) is 31.0 Å². The van der Waals surface area contributed by atoms with Crippen molar-refractivity contribution in [2.24, 2.45) is 14.1 Å². The Balaban J connectivity index is 1.83. The van der Waals surface area contributed by atoms with Gasteiger partial charge in [-0.3, -0.25) is 9.13 Å². The Hall–Kier alpha value is -2.63. The van der Waals surface area contributed by atoms with E-state index in [2.05, 4.69) is 22.2 Å². The van der Waals surface area contributed by atoms with Crippen LogP contribution in [0.3, 0.4) is 0 Å². The lowest BCUT2D eigenvalue weighted by Crippen LogP contribution is -2.19. The molecule has 0 aliphatic carbocycles. The molecule has 1 aromatic carbocycles. The van der Waals surface area contributed by atoms with Gasteiger partial charge in [-0.1, -0.05) is 13.0 Å². The summed E-state index contributed by atoms with van der Waals surface area (Å²) in [4.78, 5) is 21.0. The van der Waals surface area contributed by atoms with Gasteiger partial charge >= 0.3 is 5.69 Å². The molecule has 24 heavy (non-hydrogen) atoms. The van der Waals surface area contributed by atoms with Crippen LogP contribution >= 0.6 is 0 Å². The van der Waals surface area contributed by atoms with Crippen molar-refractivity contribution in [3.05, 3.63) is 51.8 Å². The molecule has 0 bridgehead atoms. The van der Waals surface area contributed by atoms with E-state index in [-0.39, 0.29) is 5.69 Å². The molecule has 126 valence electrons. The Morgan fingerprint density at radius 2 is 1.83 bits per heavy atom. The number of imidazole rings is 1. The highest BCUT2D eigenvalue weighted by atomic mass is 16.1. The van der Waals surface area contributed by atoms with Crippen LogP contribution in [0.2, 0.25) is 0 Å². The summed E-state index contributed by atoms with van der Waals surface area (Å²) < 4.78 is 3.34. The third-order valence-corrected chi connectivity index (χ3v) is 4.18. The van der Waals surface area contributed by atoms with Crippen LogP contribution in [0.4, 0.5) is 5.82 Å². The number of hydrogen-bond acceptors (Lipinski definition) is 4. The maximum atomic E-state index is 12.0. The minimum absolute atomic E-state index is 0.00857. The molecule has 0 aliphatic rings. The van der Waals surface area contributed by atoms with E-state index in [1.807, 2.05) is 31.2 Å². The van der Waals surface area contributed by atoms with E-state index < -0.39 is 0 Å². The van der Waals surface area contributed by atoms with Crippen LogP contribution < -0.4 is 11.0 Å². The number of nitrogens with zero attached hydrogens (tertiary/aromatic N) is 4. The molecule has 0 atom stereocenters. The zero-order chi connectivity index (χ0) is 17.3. The average Bonchev–Trinajstić information content (AvgIpc) is 2.77. The number of anilines is 1. The molecule has 0 aliphatic heterocycles. The van der Waals surface area contributed by atoms with E-state index in [1.165, 1.54) is 0 Å². The van der Waals surface area contributed by atoms with Crippen LogP contribution in [0.25, 0.3) is 11.0 Å². The molecule has 6 nitrogen and oxygen atoms in total. The van der Waals surface area contributed by atoms with Gasteiger partial charge in [0.1, 0.15) is 11.6 Å². The van der Waals surface area contributed by atoms with E-state index in [1.54, 1.807) is 23.2 Å². The number of benzene rings is 1. The molecule has 0 fully saturated rings. The zero-order valence-corrected chi connectivity index (χ0v) is 14.6. The number of aromatic nitrogens is 4. The van der Waals surface area contributed by atoms with Gasteiger partial charge in [-0.15, -0.1) is 0 Å². The van der Waals surface area contributed by atoms with Crippen molar-refractivity contribution >= 4 is 16.9 Å². The quantitative estimate of drug-likeness (QED) is 0.783. The molecule has 6 heteroatoms. The van der Waals surface area contributed by atoms with Gasteiger partial charge in [0.15, 0.2) is 0 Å². The van der Waals surface area contributed by atoms with Gasteiger partial charge in [-0.2, -0.15) is 0 Å². The molecule has 3 rings (SSSR count). The van der Waals surface area contributed by atoms with E-state index in [9.17, 15) is 4.79 Å². The lowest BCUT2D eigenvalue weighted by molar-refractivity contribution is 0.795. The summed E-state index contributed by atoms with van der Waals surface area (Å²) in [5.74, 6) is 1.72. The minimum Gasteiger partial charge on any atom is -0.366 e. The van der Waals surface area contributed by atoms with Gasteiger partial charge in [0, 0.05) is 38.8 Å². The maximum absolute atomic E-state index is 12.0. The second-order valence-electron chi connectivity index (χ2n) is 6.14. The monoisotopic (exact) mass is 325 g/mol. The molecule has 0 saturated carbocycles. The number of rotatable bonds is 5. The van der Waals surface area contributed by atoms with Crippen molar-refractivity contribution in [2.45, 2.75) is 33.2 Å². The fourth-order valence-corrected chi connectivity index (χ4v) is 2.91. The third-order valence-electron chi connectivity index (χ3n) is 4.18. The van der Waals surface area contributed by atoms with Crippen molar-refractivity contribution in [3.63, 3.8) is 0 Å². The SMILES string of the molecule is CCCc1nc(C)cc(NCc2ccc3c(c2)n(C)c(=O)n3C)n1. The van der Waals surface area contributed by atoms with Crippen LogP contribution in [0.1, 0.15) is 30.4 Å². The number of fused-ring (bicyclic) bond motifs is 1. The lowest BCUT2D eigenvalue weighted by Gasteiger charge is -2.09. The largest absolute Gasteiger partial charge is 0.366 e. The Labute approximate surface area is 141 Å². The van der Waals surface area contributed by atoms with Gasteiger partial charge in [0.2, 0.25) is 0 Å². The standard InChI is InChI=1S/C18H23N5O/c1-5-6-16-20-12(2)9-17(21-16)19-11-13-7-8-14-15(10-13)23(4)18(24)22(14)3/h7-10H,5-6,11H2,1-4H3,(H,19,20,21). The van der Waals surface area contributed by atoms with Crippen LogP contribution in [0.5, 0.6) is 0 Å². The summed E-state index contributed by atoms with van der Waals surface area (Å²) in [7, 11) is 3.59. The van der Waals surface area contributed by atoms with Gasteiger partial charge in [0.05, 0.1) is 11.0 Å². The summed E-state index contributed by atoms with van der Waals surface area (Å²) in [5.41, 5.74) is 3.95. The third kappa shape index (κ3) is 3.04. The summed E-state index contributed by atoms with van der Waals surface area (Å²) in [6.07, 6.45) is 1.91. The minimum atomic E-state index is -0.00857. The van der Waals surface area contributed by atoms with Crippen molar-refractivity contribution in [1.82, 2.24) is 19.1 Å².